The summed E-state index contributed by atoms with van der Waals surface area (Å²) < 4.78 is 36.0. The molecule has 9 heteroatoms. The van der Waals surface area contributed by atoms with Crippen molar-refractivity contribution >= 4 is 29.9 Å². The largest absolute Gasteiger partial charge is 0.490 e. The topological polar surface area (TPSA) is 58.1 Å². The third-order valence-corrected chi connectivity index (χ3v) is 5.16. The van der Waals surface area contributed by atoms with Crippen LogP contribution in [0.15, 0.2) is 23.2 Å². The Labute approximate surface area is 202 Å². The van der Waals surface area contributed by atoms with Gasteiger partial charge in [0.25, 0.3) is 0 Å². The molecule has 1 fully saturated rings. The maximum atomic E-state index is 12.9. The number of nitrogens with zero attached hydrogens (tertiary/aromatic N) is 2. The van der Waals surface area contributed by atoms with E-state index in [9.17, 15) is 8.78 Å². The van der Waals surface area contributed by atoms with Crippen molar-refractivity contribution in [1.82, 2.24) is 15.5 Å². The monoisotopic (exact) mass is 554 g/mol. The van der Waals surface area contributed by atoms with Crippen LogP contribution in [0.25, 0.3) is 0 Å². The number of ether oxygens (including phenoxy) is 2. The van der Waals surface area contributed by atoms with Gasteiger partial charge >= 0.3 is 6.61 Å². The van der Waals surface area contributed by atoms with Crippen molar-refractivity contribution in [2.75, 3.05) is 32.8 Å². The fourth-order valence-corrected chi connectivity index (χ4v) is 3.66. The number of para-hydroxylation sites is 1. The molecule has 1 aliphatic rings. The van der Waals surface area contributed by atoms with E-state index in [4.69, 9.17) is 9.47 Å². The molecule has 0 aromatic heterocycles. The molecule has 0 radical (unpaired) electrons. The maximum Gasteiger partial charge on any atom is 0.387 e. The molecule has 0 saturated carbocycles. The Morgan fingerprint density at radius 1 is 1.26 bits per heavy atom. The molecule has 178 valence electrons. The van der Waals surface area contributed by atoms with Crippen molar-refractivity contribution in [1.29, 1.82) is 0 Å². The van der Waals surface area contributed by atoms with Gasteiger partial charge in [-0.05, 0) is 59.1 Å². The number of halogens is 3. The lowest BCUT2D eigenvalue weighted by Gasteiger charge is -2.35. The number of nitrogens with one attached hydrogen (secondary N) is 2. The van der Waals surface area contributed by atoms with E-state index in [0.717, 1.165) is 19.6 Å². The van der Waals surface area contributed by atoms with Crippen LogP contribution in [0.1, 0.15) is 46.1 Å². The number of hydrogen-bond donors (Lipinski definition) is 2. The highest BCUT2D eigenvalue weighted by Crippen LogP contribution is 2.33. The van der Waals surface area contributed by atoms with E-state index < -0.39 is 6.61 Å². The lowest BCUT2D eigenvalue weighted by Crippen LogP contribution is -2.46. The number of hydrogen-bond acceptors (Lipinski definition) is 4. The van der Waals surface area contributed by atoms with Crippen LogP contribution in [0.3, 0.4) is 0 Å². The second-order valence-corrected chi connectivity index (χ2v) is 7.73. The molecular formula is C22H37F2IN4O2. The van der Waals surface area contributed by atoms with E-state index in [-0.39, 0.29) is 36.3 Å². The van der Waals surface area contributed by atoms with Gasteiger partial charge in [-0.3, -0.25) is 0 Å². The smallest absolute Gasteiger partial charge is 0.387 e. The van der Waals surface area contributed by atoms with Gasteiger partial charge in [0.05, 0.1) is 13.2 Å². The third-order valence-electron chi connectivity index (χ3n) is 5.16. The third kappa shape index (κ3) is 9.34. The molecular weight excluding hydrogens is 517 g/mol. The molecule has 31 heavy (non-hydrogen) atoms. The minimum Gasteiger partial charge on any atom is -0.490 e. The number of aliphatic imine (C=N–C) groups is 1. The predicted octanol–water partition coefficient (Wildman–Crippen LogP) is 4.48. The van der Waals surface area contributed by atoms with Gasteiger partial charge in [-0.15, -0.1) is 24.0 Å². The van der Waals surface area contributed by atoms with Crippen LogP contribution in [0.4, 0.5) is 8.78 Å². The van der Waals surface area contributed by atoms with Gasteiger partial charge in [0.15, 0.2) is 17.5 Å². The predicted molar refractivity (Wildman–Crippen MR) is 132 cm³/mol. The summed E-state index contributed by atoms with van der Waals surface area (Å²) in [6.07, 6.45) is 2.40. The summed E-state index contributed by atoms with van der Waals surface area (Å²) in [7, 11) is 0. The van der Waals surface area contributed by atoms with Gasteiger partial charge in [0.1, 0.15) is 0 Å². The SMILES string of the molecule is CCNC(=NCc1cccc(OCC)c1OC(F)F)NCC1CCCN(C(C)C)C1.I. The van der Waals surface area contributed by atoms with Crippen LogP contribution >= 0.6 is 24.0 Å². The van der Waals surface area contributed by atoms with E-state index in [1.165, 1.54) is 12.8 Å². The molecule has 1 aliphatic heterocycles. The van der Waals surface area contributed by atoms with Crippen molar-refractivity contribution in [2.24, 2.45) is 10.9 Å². The Morgan fingerprint density at radius 3 is 2.68 bits per heavy atom. The van der Waals surface area contributed by atoms with Crippen LogP contribution in [0.5, 0.6) is 11.5 Å². The molecule has 1 heterocycles. The van der Waals surface area contributed by atoms with E-state index >= 15 is 0 Å². The molecule has 1 unspecified atom stereocenters. The molecule has 1 aromatic carbocycles. The normalized spacial score (nSPS) is 17.4. The van der Waals surface area contributed by atoms with Gasteiger partial charge in [0, 0.05) is 31.2 Å². The second kappa shape index (κ2) is 14.7. The number of piperidine rings is 1. The van der Waals surface area contributed by atoms with Crippen molar-refractivity contribution in [3.63, 3.8) is 0 Å². The highest BCUT2D eigenvalue weighted by Gasteiger charge is 2.22. The van der Waals surface area contributed by atoms with Crippen molar-refractivity contribution < 1.29 is 18.3 Å². The van der Waals surface area contributed by atoms with Gasteiger partial charge in [-0.2, -0.15) is 8.78 Å². The van der Waals surface area contributed by atoms with Crippen LogP contribution in [-0.2, 0) is 6.54 Å². The summed E-state index contributed by atoms with van der Waals surface area (Å²) >= 11 is 0. The first-order valence-corrected chi connectivity index (χ1v) is 10.9. The lowest BCUT2D eigenvalue weighted by atomic mass is 9.97. The quantitative estimate of drug-likeness (QED) is 0.254. The van der Waals surface area contributed by atoms with E-state index in [2.05, 4.69) is 34.4 Å². The van der Waals surface area contributed by atoms with Gasteiger partial charge in [-0.1, -0.05) is 12.1 Å². The first-order valence-electron chi connectivity index (χ1n) is 10.9. The molecule has 0 spiro atoms. The first-order chi connectivity index (χ1) is 14.4. The van der Waals surface area contributed by atoms with Gasteiger partial charge in [-0.25, -0.2) is 4.99 Å². The van der Waals surface area contributed by atoms with E-state index in [1.54, 1.807) is 25.1 Å². The Hall–Kier alpha value is -1.36. The Bertz CT molecular complexity index is 677. The fourth-order valence-electron chi connectivity index (χ4n) is 3.66. The molecule has 2 rings (SSSR count). The van der Waals surface area contributed by atoms with Crippen LogP contribution < -0.4 is 20.1 Å². The maximum absolute atomic E-state index is 12.9. The zero-order valence-corrected chi connectivity index (χ0v) is 21.3. The highest BCUT2D eigenvalue weighted by atomic mass is 127. The second-order valence-electron chi connectivity index (χ2n) is 7.73. The molecule has 0 aliphatic carbocycles. The molecule has 6 nitrogen and oxygen atoms in total. The van der Waals surface area contributed by atoms with Gasteiger partial charge in [0.2, 0.25) is 0 Å². The zero-order chi connectivity index (χ0) is 21.9. The van der Waals surface area contributed by atoms with Crippen molar-refractivity contribution in [3.8, 4) is 11.5 Å². The Balaban J connectivity index is 0.00000480. The van der Waals surface area contributed by atoms with Crippen molar-refractivity contribution in [2.45, 2.75) is 59.7 Å². The minimum atomic E-state index is -2.92. The number of rotatable bonds is 10. The molecule has 1 atom stereocenters. The first kappa shape index (κ1) is 27.7. The summed E-state index contributed by atoms with van der Waals surface area (Å²) in [5, 5.41) is 6.64. The lowest BCUT2D eigenvalue weighted by molar-refractivity contribution is -0.0520. The van der Waals surface area contributed by atoms with Crippen LogP contribution in [-0.4, -0.2) is 56.3 Å². The fraction of sp³-hybridized carbons (Fsp3) is 0.682. The molecule has 0 bridgehead atoms. The summed E-state index contributed by atoms with van der Waals surface area (Å²) in [6.45, 7) is 9.70. The molecule has 1 saturated heterocycles. The average Bonchev–Trinajstić information content (AvgIpc) is 2.72. The number of alkyl halides is 2. The molecule has 1 aromatic rings. The summed E-state index contributed by atoms with van der Waals surface area (Å²) in [5.74, 6) is 1.58. The highest BCUT2D eigenvalue weighted by molar-refractivity contribution is 14.0. The van der Waals surface area contributed by atoms with E-state index in [1.807, 2.05) is 6.92 Å². The molecule has 0 amide bonds. The number of guanidine groups is 1. The summed E-state index contributed by atoms with van der Waals surface area (Å²) in [6, 6.07) is 5.67. The summed E-state index contributed by atoms with van der Waals surface area (Å²) in [4.78, 5) is 7.10. The van der Waals surface area contributed by atoms with Gasteiger partial charge < -0.3 is 25.0 Å². The Morgan fingerprint density at radius 2 is 2.03 bits per heavy atom. The zero-order valence-electron chi connectivity index (χ0n) is 19.0. The van der Waals surface area contributed by atoms with Crippen LogP contribution in [0, 0.1) is 5.92 Å². The molecule has 2 N–H and O–H groups in total. The van der Waals surface area contributed by atoms with Crippen molar-refractivity contribution in [3.05, 3.63) is 23.8 Å². The Kier molecular flexibility index (Phi) is 13.1. The summed E-state index contributed by atoms with van der Waals surface area (Å²) in [5.41, 5.74) is 0.558. The van der Waals surface area contributed by atoms with E-state index in [0.29, 0.717) is 42.4 Å². The number of likely N-dealkylation sites (tertiary alicyclic amines) is 1. The van der Waals surface area contributed by atoms with Crippen LogP contribution in [0.2, 0.25) is 0 Å². The standard InChI is InChI=1S/C22H36F2N4O2.HI/c1-5-25-22(26-13-17-9-8-12-28(15-17)16(3)4)27-14-18-10-7-11-19(29-6-2)20(18)30-21(23)24;/h7,10-11,16-17,21H,5-6,8-9,12-15H2,1-4H3,(H2,25,26,27);1H. The minimum absolute atomic E-state index is 0. The average molecular weight is 554 g/mol. The number of benzene rings is 1.